The fourth-order valence-electron chi connectivity index (χ4n) is 3.51. The highest BCUT2D eigenvalue weighted by atomic mass is 16.4. The van der Waals surface area contributed by atoms with Gasteiger partial charge in [0, 0.05) is 12.2 Å². The SMILES string of the molecule is O=C(Nc1ccccc1)[C@H]1CCCN(Cn2c(=O)oc3ccccc32)C1. The molecular weight excluding hydrogens is 330 g/mol. The van der Waals surface area contributed by atoms with E-state index >= 15 is 0 Å². The number of carbonyl (C=O) groups excluding carboxylic acids is 1. The zero-order valence-electron chi connectivity index (χ0n) is 14.4. The summed E-state index contributed by atoms with van der Waals surface area (Å²) in [5, 5.41) is 2.98. The van der Waals surface area contributed by atoms with E-state index in [0.717, 1.165) is 30.6 Å². The maximum atomic E-state index is 12.6. The number of rotatable bonds is 4. The number of anilines is 1. The van der Waals surface area contributed by atoms with Crippen LogP contribution in [0.2, 0.25) is 0 Å². The summed E-state index contributed by atoms with van der Waals surface area (Å²) >= 11 is 0. The number of oxazole rings is 1. The van der Waals surface area contributed by atoms with Gasteiger partial charge in [0.2, 0.25) is 5.91 Å². The Hall–Kier alpha value is -2.86. The third-order valence-electron chi connectivity index (χ3n) is 4.83. The fourth-order valence-corrected chi connectivity index (χ4v) is 3.51. The molecular formula is C20H21N3O3. The Labute approximate surface area is 151 Å². The average molecular weight is 351 g/mol. The second kappa shape index (κ2) is 7.17. The minimum atomic E-state index is -0.359. The Morgan fingerprint density at radius 1 is 1.12 bits per heavy atom. The Kier molecular flexibility index (Phi) is 4.58. The summed E-state index contributed by atoms with van der Waals surface area (Å²) in [6.07, 6.45) is 1.79. The van der Waals surface area contributed by atoms with E-state index in [0.29, 0.717) is 18.8 Å². The van der Waals surface area contributed by atoms with Crippen LogP contribution in [0.15, 0.2) is 63.8 Å². The topological polar surface area (TPSA) is 67.5 Å². The summed E-state index contributed by atoms with van der Waals surface area (Å²) < 4.78 is 6.93. The zero-order valence-corrected chi connectivity index (χ0v) is 14.4. The number of aromatic nitrogens is 1. The van der Waals surface area contributed by atoms with Crippen molar-refractivity contribution in [2.45, 2.75) is 19.5 Å². The van der Waals surface area contributed by atoms with Gasteiger partial charge in [-0.15, -0.1) is 0 Å². The largest absolute Gasteiger partial charge is 0.421 e. The van der Waals surface area contributed by atoms with Crippen molar-refractivity contribution in [3.05, 3.63) is 65.1 Å². The molecule has 6 heteroatoms. The quantitative estimate of drug-likeness (QED) is 0.785. The van der Waals surface area contributed by atoms with Gasteiger partial charge in [-0.25, -0.2) is 4.79 Å². The number of piperidine rings is 1. The molecule has 1 aliphatic rings. The molecule has 1 N–H and O–H groups in total. The number of nitrogens with one attached hydrogen (secondary N) is 1. The number of likely N-dealkylation sites (tertiary alicyclic amines) is 1. The second-order valence-electron chi connectivity index (χ2n) is 6.68. The minimum Gasteiger partial charge on any atom is -0.408 e. The first-order chi connectivity index (χ1) is 12.7. The van der Waals surface area contributed by atoms with Crippen LogP contribution in [0.5, 0.6) is 0 Å². The molecule has 26 heavy (non-hydrogen) atoms. The van der Waals surface area contributed by atoms with Crippen LogP contribution in [0.1, 0.15) is 12.8 Å². The maximum Gasteiger partial charge on any atom is 0.421 e. The van der Waals surface area contributed by atoms with Gasteiger partial charge in [-0.3, -0.25) is 14.3 Å². The lowest BCUT2D eigenvalue weighted by molar-refractivity contribution is -0.121. The molecule has 3 aromatic rings. The lowest BCUT2D eigenvalue weighted by atomic mass is 9.97. The van der Waals surface area contributed by atoms with Gasteiger partial charge in [-0.05, 0) is 43.7 Å². The molecule has 2 aromatic carbocycles. The van der Waals surface area contributed by atoms with E-state index in [1.54, 1.807) is 10.6 Å². The minimum absolute atomic E-state index is 0.0327. The van der Waals surface area contributed by atoms with Crippen molar-refractivity contribution >= 4 is 22.7 Å². The number of nitrogens with zero attached hydrogens (tertiary/aromatic N) is 2. The van der Waals surface area contributed by atoms with Crippen molar-refractivity contribution < 1.29 is 9.21 Å². The first-order valence-electron chi connectivity index (χ1n) is 8.87. The van der Waals surface area contributed by atoms with E-state index in [2.05, 4.69) is 10.2 Å². The molecule has 2 heterocycles. The molecule has 0 saturated carbocycles. The number of hydrogen-bond donors (Lipinski definition) is 1. The molecule has 0 unspecified atom stereocenters. The molecule has 0 radical (unpaired) electrons. The van der Waals surface area contributed by atoms with Crippen molar-refractivity contribution in [2.24, 2.45) is 5.92 Å². The summed E-state index contributed by atoms with van der Waals surface area (Å²) in [7, 11) is 0. The maximum absolute atomic E-state index is 12.6. The van der Waals surface area contributed by atoms with Gasteiger partial charge in [0.15, 0.2) is 5.58 Å². The lowest BCUT2D eigenvalue weighted by Crippen LogP contribution is -2.42. The van der Waals surface area contributed by atoms with Crippen LogP contribution in [-0.2, 0) is 11.5 Å². The molecule has 0 aliphatic carbocycles. The van der Waals surface area contributed by atoms with Gasteiger partial charge in [-0.1, -0.05) is 30.3 Å². The van der Waals surface area contributed by atoms with Crippen LogP contribution in [-0.4, -0.2) is 28.5 Å². The number of benzene rings is 2. The molecule has 0 bridgehead atoms. The third kappa shape index (κ3) is 3.41. The monoisotopic (exact) mass is 351 g/mol. The van der Waals surface area contributed by atoms with Crippen LogP contribution in [0, 0.1) is 5.92 Å². The summed E-state index contributed by atoms with van der Waals surface area (Å²) in [4.78, 5) is 26.9. The fraction of sp³-hybridized carbons (Fsp3) is 0.300. The van der Waals surface area contributed by atoms with E-state index in [4.69, 9.17) is 4.42 Å². The Bertz CT molecular complexity index is 961. The van der Waals surface area contributed by atoms with E-state index in [1.165, 1.54) is 0 Å². The number of carbonyl (C=O) groups is 1. The molecule has 1 fully saturated rings. The zero-order chi connectivity index (χ0) is 17.9. The Morgan fingerprint density at radius 3 is 2.73 bits per heavy atom. The molecule has 1 atom stereocenters. The molecule has 134 valence electrons. The van der Waals surface area contributed by atoms with Crippen LogP contribution < -0.4 is 11.1 Å². The van der Waals surface area contributed by atoms with Gasteiger partial charge in [0.25, 0.3) is 0 Å². The third-order valence-corrected chi connectivity index (χ3v) is 4.83. The van der Waals surface area contributed by atoms with Gasteiger partial charge >= 0.3 is 5.76 Å². The smallest absolute Gasteiger partial charge is 0.408 e. The van der Waals surface area contributed by atoms with E-state index in [1.807, 2.05) is 48.5 Å². The molecule has 0 spiro atoms. The Morgan fingerprint density at radius 2 is 1.88 bits per heavy atom. The standard InChI is InChI=1S/C20H21N3O3/c24-19(21-16-8-2-1-3-9-16)15-7-6-12-22(13-15)14-23-17-10-4-5-11-18(17)26-20(23)25/h1-5,8-11,15H,6-7,12-14H2,(H,21,24)/t15-/m0/s1. The van der Waals surface area contributed by atoms with Crippen molar-refractivity contribution in [3.63, 3.8) is 0 Å². The van der Waals surface area contributed by atoms with E-state index in [9.17, 15) is 9.59 Å². The summed E-state index contributed by atoms with van der Waals surface area (Å²) in [6.45, 7) is 1.93. The highest BCUT2D eigenvalue weighted by molar-refractivity contribution is 5.92. The second-order valence-corrected chi connectivity index (χ2v) is 6.68. The van der Waals surface area contributed by atoms with Crippen LogP contribution in [0.4, 0.5) is 5.69 Å². The van der Waals surface area contributed by atoms with Crippen molar-refractivity contribution in [3.8, 4) is 0 Å². The highest BCUT2D eigenvalue weighted by Gasteiger charge is 2.26. The van der Waals surface area contributed by atoms with Crippen molar-refractivity contribution in [1.82, 2.24) is 9.47 Å². The highest BCUT2D eigenvalue weighted by Crippen LogP contribution is 2.20. The molecule has 1 aromatic heterocycles. The summed E-state index contributed by atoms with van der Waals surface area (Å²) in [5.74, 6) is -0.412. The van der Waals surface area contributed by atoms with Gasteiger partial charge in [-0.2, -0.15) is 0 Å². The molecule has 4 rings (SSSR count). The summed E-state index contributed by atoms with van der Waals surface area (Å²) in [6, 6.07) is 16.9. The van der Waals surface area contributed by atoms with Gasteiger partial charge in [0.1, 0.15) is 0 Å². The first-order valence-corrected chi connectivity index (χ1v) is 8.87. The number of para-hydroxylation sites is 3. The molecule has 1 saturated heterocycles. The number of hydrogen-bond acceptors (Lipinski definition) is 4. The number of fused-ring (bicyclic) bond motifs is 1. The number of amides is 1. The van der Waals surface area contributed by atoms with E-state index in [-0.39, 0.29) is 17.6 Å². The van der Waals surface area contributed by atoms with Crippen LogP contribution in [0.25, 0.3) is 11.1 Å². The molecule has 6 nitrogen and oxygen atoms in total. The summed E-state index contributed by atoms with van der Waals surface area (Å²) in [5.41, 5.74) is 2.19. The lowest BCUT2D eigenvalue weighted by Gasteiger charge is -2.31. The predicted octanol–water partition coefficient (Wildman–Crippen LogP) is 2.90. The van der Waals surface area contributed by atoms with Crippen LogP contribution in [0.3, 0.4) is 0 Å². The average Bonchev–Trinajstić information content (AvgIpc) is 2.98. The normalized spacial score (nSPS) is 18.1. The Balaban J connectivity index is 1.46. The van der Waals surface area contributed by atoms with Gasteiger partial charge in [0.05, 0.1) is 18.1 Å². The van der Waals surface area contributed by atoms with Crippen molar-refractivity contribution in [1.29, 1.82) is 0 Å². The van der Waals surface area contributed by atoms with Crippen LogP contribution >= 0.6 is 0 Å². The molecule has 1 amide bonds. The molecule has 1 aliphatic heterocycles. The predicted molar refractivity (Wildman–Crippen MR) is 99.8 cm³/mol. The van der Waals surface area contributed by atoms with Crippen molar-refractivity contribution in [2.75, 3.05) is 18.4 Å². The van der Waals surface area contributed by atoms with E-state index < -0.39 is 0 Å². The first kappa shape index (κ1) is 16.6. The van der Waals surface area contributed by atoms with Gasteiger partial charge < -0.3 is 9.73 Å².